The Morgan fingerprint density at radius 3 is 2.89 bits per heavy atom. The number of nitrogens with zero attached hydrogens (tertiary/aromatic N) is 2. The minimum Gasteiger partial charge on any atom is -0.355 e. The third-order valence-electron chi connectivity index (χ3n) is 4.15. The maximum atomic E-state index is 12.0. The largest absolute Gasteiger partial charge is 0.355 e. The van der Waals surface area contributed by atoms with Crippen LogP contribution in [0.4, 0.5) is 0 Å². The van der Waals surface area contributed by atoms with Crippen LogP contribution in [0.25, 0.3) is 0 Å². The van der Waals surface area contributed by atoms with E-state index in [1.807, 2.05) is 7.05 Å². The van der Waals surface area contributed by atoms with Crippen LogP contribution in [0, 0.1) is 5.92 Å². The van der Waals surface area contributed by atoms with Crippen LogP contribution in [-0.2, 0) is 4.79 Å². The quantitative estimate of drug-likeness (QED) is 0.700. The number of likely N-dealkylation sites (N-methyl/N-ethyl adjacent to an activating group) is 1. The Balaban J connectivity index is 1.65. The molecule has 5 nitrogen and oxygen atoms in total. The highest BCUT2D eigenvalue weighted by Crippen LogP contribution is 2.17. The molecule has 2 heterocycles. The zero-order chi connectivity index (χ0) is 13.0. The second-order valence-electron chi connectivity index (χ2n) is 5.70. The first kappa shape index (κ1) is 13.8. The fourth-order valence-electron chi connectivity index (χ4n) is 2.88. The average molecular weight is 254 g/mol. The summed E-state index contributed by atoms with van der Waals surface area (Å²) in [5, 5.41) is 6.36. The van der Waals surface area contributed by atoms with Gasteiger partial charge in [0.1, 0.15) is 6.04 Å². The van der Waals surface area contributed by atoms with Crippen molar-refractivity contribution in [2.75, 3.05) is 53.4 Å². The summed E-state index contributed by atoms with van der Waals surface area (Å²) in [5.41, 5.74) is 0. The van der Waals surface area contributed by atoms with Crippen LogP contribution in [0.1, 0.15) is 12.8 Å². The fourth-order valence-corrected chi connectivity index (χ4v) is 2.88. The Bertz CT molecular complexity index is 284. The molecule has 2 saturated heterocycles. The van der Waals surface area contributed by atoms with Gasteiger partial charge in [-0.25, -0.2) is 0 Å². The van der Waals surface area contributed by atoms with E-state index in [1.54, 1.807) is 0 Å². The van der Waals surface area contributed by atoms with E-state index in [0.717, 1.165) is 38.5 Å². The van der Waals surface area contributed by atoms with E-state index in [9.17, 15) is 4.79 Å². The van der Waals surface area contributed by atoms with Crippen LogP contribution in [0.5, 0.6) is 0 Å². The Morgan fingerprint density at radius 1 is 1.39 bits per heavy atom. The average Bonchev–Trinajstić information content (AvgIpc) is 2.75. The molecule has 2 aliphatic rings. The lowest BCUT2D eigenvalue weighted by atomic mass is 10.1. The third kappa shape index (κ3) is 3.67. The first-order chi connectivity index (χ1) is 8.66. The van der Waals surface area contributed by atoms with Crippen molar-refractivity contribution < 1.29 is 4.79 Å². The minimum atomic E-state index is 0.00463. The highest BCUT2D eigenvalue weighted by Gasteiger charge is 2.25. The van der Waals surface area contributed by atoms with Crippen molar-refractivity contribution in [1.82, 2.24) is 20.4 Å². The molecular weight excluding hydrogens is 228 g/mol. The van der Waals surface area contributed by atoms with Gasteiger partial charge in [0.2, 0.25) is 5.91 Å². The first-order valence-corrected chi connectivity index (χ1v) is 7.04. The predicted octanol–water partition coefficient (Wildman–Crippen LogP) is -0.652. The zero-order valence-corrected chi connectivity index (χ0v) is 11.6. The summed E-state index contributed by atoms with van der Waals surface area (Å²) >= 11 is 0. The summed E-state index contributed by atoms with van der Waals surface area (Å²) < 4.78 is 0. The third-order valence-corrected chi connectivity index (χ3v) is 4.15. The summed E-state index contributed by atoms with van der Waals surface area (Å²) in [7, 11) is 4.19. The van der Waals surface area contributed by atoms with Crippen molar-refractivity contribution in [1.29, 1.82) is 0 Å². The Labute approximate surface area is 110 Å². The molecule has 0 aromatic rings. The molecule has 0 aliphatic carbocycles. The van der Waals surface area contributed by atoms with Crippen molar-refractivity contribution in [3.63, 3.8) is 0 Å². The van der Waals surface area contributed by atoms with Gasteiger partial charge in [0, 0.05) is 32.7 Å². The van der Waals surface area contributed by atoms with Gasteiger partial charge in [-0.05, 0) is 39.4 Å². The van der Waals surface area contributed by atoms with Gasteiger partial charge < -0.3 is 15.5 Å². The molecule has 2 N–H and O–H groups in total. The minimum absolute atomic E-state index is 0.00463. The lowest BCUT2D eigenvalue weighted by molar-refractivity contribution is -0.126. The van der Waals surface area contributed by atoms with Gasteiger partial charge in [-0.15, -0.1) is 0 Å². The number of nitrogens with one attached hydrogen (secondary N) is 2. The monoisotopic (exact) mass is 254 g/mol. The second-order valence-corrected chi connectivity index (χ2v) is 5.70. The smallest absolute Gasteiger partial charge is 0.238 e. The molecular formula is C13H26N4O. The van der Waals surface area contributed by atoms with Gasteiger partial charge in [0.05, 0.1) is 0 Å². The van der Waals surface area contributed by atoms with Crippen LogP contribution < -0.4 is 10.6 Å². The van der Waals surface area contributed by atoms with Gasteiger partial charge in [-0.1, -0.05) is 0 Å². The number of carbonyl (C=O) groups is 1. The van der Waals surface area contributed by atoms with E-state index < -0.39 is 0 Å². The van der Waals surface area contributed by atoms with Gasteiger partial charge in [0.25, 0.3) is 0 Å². The van der Waals surface area contributed by atoms with Crippen LogP contribution in [0.15, 0.2) is 0 Å². The standard InChI is InChI=1S/C13H26N4O/c1-16-7-4-11(10-16)3-5-15-13(18)12-9-14-6-8-17(12)2/h11-12,14H,3-10H2,1-2H3,(H,15,18). The summed E-state index contributed by atoms with van der Waals surface area (Å²) in [5.74, 6) is 0.938. The number of likely N-dealkylation sites (tertiary alicyclic amines) is 1. The maximum absolute atomic E-state index is 12.0. The Morgan fingerprint density at radius 2 is 2.22 bits per heavy atom. The van der Waals surface area contributed by atoms with E-state index in [2.05, 4.69) is 27.5 Å². The Kier molecular flexibility index (Phi) is 4.97. The molecule has 18 heavy (non-hydrogen) atoms. The molecule has 2 unspecified atom stereocenters. The summed E-state index contributed by atoms with van der Waals surface area (Å²) in [6.07, 6.45) is 2.39. The number of carbonyl (C=O) groups excluding carboxylic acids is 1. The lowest BCUT2D eigenvalue weighted by Gasteiger charge is -2.31. The topological polar surface area (TPSA) is 47.6 Å². The molecule has 0 aromatic heterocycles. The molecule has 2 rings (SSSR count). The molecule has 5 heteroatoms. The van der Waals surface area contributed by atoms with Crippen molar-refractivity contribution in [3.8, 4) is 0 Å². The number of hydrogen-bond donors (Lipinski definition) is 2. The van der Waals surface area contributed by atoms with E-state index in [4.69, 9.17) is 0 Å². The van der Waals surface area contributed by atoms with Gasteiger partial charge in [-0.3, -0.25) is 9.69 Å². The predicted molar refractivity (Wildman–Crippen MR) is 72.5 cm³/mol. The zero-order valence-electron chi connectivity index (χ0n) is 11.6. The molecule has 104 valence electrons. The number of amides is 1. The first-order valence-electron chi connectivity index (χ1n) is 7.04. The lowest BCUT2D eigenvalue weighted by Crippen LogP contribution is -2.56. The number of hydrogen-bond acceptors (Lipinski definition) is 4. The summed E-state index contributed by atoms with van der Waals surface area (Å²) in [6.45, 7) is 5.91. The van der Waals surface area contributed by atoms with Crippen molar-refractivity contribution >= 4 is 5.91 Å². The number of rotatable bonds is 4. The molecule has 2 fully saturated rings. The van der Waals surface area contributed by atoms with Gasteiger partial charge in [-0.2, -0.15) is 0 Å². The van der Waals surface area contributed by atoms with Crippen molar-refractivity contribution in [2.24, 2.45) is 5.92 Å². The maximum Gasteiger partial charge on any atom is 0.238 e. The van der Waals surface area contributed by atoms with E-state index in [1.165, 1.54) is 19.5 Å². The van der Waals surface area contributed by atoms with Crippen LogP contribution in [0.3, 0.4) is 0 Å². The normalized spacial score (nSPS) is 30.6. The molecule has 0 radical (unpaired) electrons. The molecule has 0 spiro atoms. The molecule has 2 atom stereocenters. The van der Waals surface area contributed by atoms with Gasteiger partial charge >= 0.3 is 0 Å². The van der Waals surface area contributed by atoms with Crippen molar-refractivity contribution in [3.05, 3.63) is 0 Å². The number of piperazine rings is 1. The van der Waals surface area contributed by atoms with Gasteiger partial charge in [0.15, 0.2) is 0 Å². The molecule has 0 aromatic carbocycles. The Hall–Kier alpha value is -0.650. The van der Waals surface area contributed by atoms with E-state index in [-0.39, 0.29) is 11.9 Å². The van der Waals surface area contributed by atoms with E-state index >= 15 is 0 Å². The molecule has 1 amide bonds. The highest BCUT2D eigenvalue weighted by atomic mass is 16.2. The molecule has 0 saturated carbocycles. The molecule has 2 aliphatic heterocycles. The highest BCUT2D eigenvalue weighted by molar-refractivity contribution is 5.82. The SMILES string of the molecule is CN1CCC(CCNC(=O)C2CNCCN2C)C1. The van der Waals surface area contributed by atoms with E-state index in [0.29, 0.717) is 0 Å². The van der Waals surface area contributed by atoms with Crippen LogP contribution in [-0.4, -0.2) is 75.1 Å². The molecule has 0 bridgehead atoms. The fraction of sp³-hybridized carbons (Fsp3) is 0.923. The summed E-state index contributed by atoms with van der Waals surface area (Å²) in [6, 6.07) is 0.00463. The van der Waals surface area contributed by atoms with Crippen molar-refractivity contribution in [2.45, 2.75) is 18.9 Å². The van der Waals surface area contributed by atoms with Crippen LogP contribution in [0.2, 0.25) is 0 Å². The summed E-state index contributed by atoms with van der Waals surface area (Å²) in [4.78, 5) is 16.5. The van der Waals surface area contributed by atoms with Crippen LogP contribution >= 0.6 is 0 Å². The second kappa shape index (κ2) is 6.50.